The van der Waals surface area contributed by atoms with Crippen molar-refractivity contribution in [2.45, 2.75) is 12.8 Å². The van der Waals surface area contributed by atoms with E-state index in [1.165, 1.54) is 0 Å². The second-order valence-corrected chi connectivity index (χ2v) is 5.84. The number of hydrogen-bond donors (Lipinski definition) is 2. The molecule has 2 aromatic rings. The van der Waals surface area contributed by atoms with E-state index in [-0.39, 0.29) is 11.8 Å². The van der Waals surface area contributed by atoms with Gasteiger partial charge in [0.1, 0.15) is 5.82 Å². The summed E-state index contributed by atoms with van der Waals surface area (Å²) < 4.78 is 1.06. The van der Waals surface area contributed by atoms with Gasteiger partial charge in [-0.3, -0.25) is 4.79 Å². The fourth-order valence-corrected chi connectivity index (χ4v) is 2.66. The molecule has 3 rings (SSSR count). The van der Waals surface area contributed by atoms with Crippen LogP contribution in [0.4, 0.5) is 5.82 Å². The molecule has 1 fully saturated rings. The molecule has 0 atom stereocenters. The third-order valence-electron chi connectivity index (χ3n) is 3.42. The standard InChI is InChI=1S/C15H16BrN3O/c16-13-3-1-2-12-11(13)6-7-17-14(12)18-8-9-19-15(20)10-4-5-10/h1-3,6-7,10H,4-5,8-9H2,(H,17,18)(H,19,20). The number of nitrogens with zero attached hydrogens (tertiary/aromatic N) is 1. The van der Waals surface area contributed by atoms with Crippen molar-refractivity contribution in [3.63, 3.8) is 0 Å². The molecule has 1 amide bonds. The van der Waals surface area contributed by atoms with E-state index in [0.29, 0.717) is 13.1 Å². The molecule has 1 aliphatic rings. The van der Waals surface area contributed by atoms with Crippen LogP contribution < -0.4 is 10.6 Å². The van der Waals surface area contributed by atoms with Crippen molar-refractivity contribution in [2.24, 2.45) is 5.92 Å². The Balaban J connectivity index is 1.62. The minimum Gasteiger partial charge on any atom is -0.368 e. The van der Waals surface area contributed by atoms with E-state index < -0.39 is 0 Å². The van der Waals surface area contributed by atoms with Gasteiger partial charge >= 0.3 is 0 Å². The highest BCUT2D eigenvalue weighted by atomic mass is 79.9. The second kappa shape index (κ2) is 5.79. The Morgan fingerprint density at radius 2 is 2.10 bits per heavy atom. The quantitative estimate of drug-likeness (QED) is 0.827. The molecule has 0 unspecified atom stereocenters. The molecule has 1 aromatic heterocycles. The van der Waals surface area contributed by atoms with Crippen LogP contribution >= 0.6 is 15.9 Å². The molecule has 104 valence electrons. The van der Waals surface area contributed by atoms with E-state index >= 15 is 0 Å². The van der Waals surface area contributed by atoms with E-state index in [1.54, 1.807) is 6.20 Å². The number of carbonyl (C=O) groups excluding carboxylic acids is 1. The average Bonchev–Trinajstić information content (AvgIpc) is 3.29. The summed E-state index contributed by atoms with van der Waals surface area (Å²) >= 11 is 3.54. The number of aromatic nitrogens is 1. The van der Waals surface area contributed by atoms with Crippen molar-refractivity contribution >= 4 is 38.4 Å². The van der Waals surface area contributed by atoms with Crippen LogP contribution in [-0.4, -0.2) is 24.0 Å². The smallest absolute Gasteiger partial charge is 0.223 e. The van der Waals surface area contributed by atoms with Crippen molar-refractivity contribution in [1.82, 2.24) is 10.3 Å². The van der Waals surface area contributed by atoms with E-state index in [9.17, 15) is 4.79 Å². The maximum Gasteiger partial charge on any atom is 0.223 e. The molecule has 0 spiro atoms. The monoisotopic (exact) mass is 333 g/mol. The van der Waals surface area contributed by atoms with Gasteiger partial charge in [0, 0.05) is 40.4 Å². The molecule has 1 aliphatic carbocycles. The minimum atomic E-state index is 0.181. The van der Waals surface area contributed by atoms with E-state index in [4.69, 9.17) is 0 Å². The van der Waals surface area contributed by atoms with Crippen molar-refractivity contribution in [3.8, 4) is 0 Å². The number of benzene rings is 1. The minimum absolute atomic E-state index is 0.181. The summed E-state index contributed by atoms with van der Waals surface area (Å²) in [7, 11) is 0. The molecule has 1 aromatic carbocycles. The normalized spacial score (nSPS) is 14.2. The van der Waals surface area contributed by atoms with Crippen LogP contribution in [0.2, 0.25) is 0 Å². The third-order valence-corrected chi connectivity index (χ3v) is 4.11. The van der Waals surface area contributed by atoms with Gasteiger partial charge in [0.15, 0.2) is 0 Å². The zero-order valence-corrected chi connectivity index (χ0v) is 12.6. The summed E-state index contributed by atoms with van der Waals surface area (Å²) in [5.41, 5.74) is 0. The summed E-state index contributed by atoms with van der Waals surface area (Å²) in [6, 6.07) is 8.04. The number of anilines is 1. The van der Waals surface area contributed by atoms with Crippen LogP contribution in [0, 0.1) is 5.92 Å². The van der Waals surface area contributed by atoms with Gasteiger partial charge in [-0.05, 0) is 25.0 Å². The SMILES string of the molecule is O=C(NCCNc1nccc2c(Br)cccc12)C1CC1. The van der Waals surface area contributed by atoms with Crippen LogP contribution in [0.1, 0.15) is 12.8 Å². The molecular formula is C15H16BrN3O. The fraction of sp³-hybridized carbons (Fsp3) is 0.333. The molecule has 2 N–H and O–H groups in total. The summed E-state index contributed by atoms with van der Waals surface area (Å²) in [5.74, 6) is 1.30. The third kappa shape index (κ3) is 2.93. The molecule has 4 nitrogen and oxygen atoms in total. The molecule has 20 heavy (non-hydrogen) atoms. The largest absolute Gasteiger partial charge is 0.368 e. The molecule has 1 heterocycles. The highest BCUT2D eigenvalue weighted by Gasteiger charge is 2.28. The number of rotatable bonds is 5. The maximum atomic E-state index is 11.5. The van der Waals surface area contributed by atoms with Gasteiger partial charge in [-0.25, -0.2) is 4.98 Å². The Hall–Kier alpha value is -1.62. The van der Waals surface area contributed by atoms with Gasteiger partial charge in [0.05, 0.1) is 0 Å². The Kier molecular flexibility index (Phi) is 3.87. The Bertz CT molecular complexity index is 640. The van der Waals surface area contributed by atoms with Gasteiger partial charge in [0.25, 0.3) is 0 Å². The summed E-state index contributed by atoms with van der Waals surface area (Å²) in [6.45, 7) is 1.30. The highest BCUT2D eigenvalue weighted by Crippen LogP contribution is 2.29. The fourth-order valence-electron chi connectivity index (χ4n) is 2.17. The van der Waals surface area contributed by atoms with Crippen LogP contribution in [0.3, 0.4) is 0 Å². The Labute approximate surface area is 126 Å². The molecule has 5 heteroatoms. The molecule has 0 aliphatic heterocycles. The van der Waals surface area contributed by atoms with Gasteiger partial charge < -0.3 is 10.6 Å². The maximum absolute atomic E-state index is 11.5. The zero-order chi connectivity index (χ0) is 13.9. The predicted octanol–water partition coefficient (Wildman–Crippen LogP) is 2.94. The topological polar surface area (TPSA) is 54.0 Å². The first-order valence-electron chi connectivity index (χ1n) is 6.80. The van der Waals surface area contributed by atoms with E-state index in [0.717, 1.165) is 33.9 Å². The first kappa shape index (κ1) is 13.4. The van der Waals surface area contributed by atoms with Crippen LogP contribution in [0.15, 0.2) is 34.9 Å². The van der Waals surface area contributed by atoms with Crippen LogP contribution in [-0.2, 0) is 4.79 Å². The summed E-state index contributed by atoms with van der Waals surface area (Å²) in [6.07, 6.45) is 3.87. The van der Waals surface area contributed by atoms with Gasteiger partial charge in [-0.15, -0.1) is 0 Å². The lowest BCUT2D eigenvalue weighted by Gasteiger charge is -2.10. The van der Waals surface area contributed by atoms with Crippen LogP contribution in [0.25, 0.3) is 10.8 Å². The first-order valence-corrected chi connectivity index (χ1v) is 7.60. The van der Waals surface area contributed by atoms with Crippen LogP contribution in [0.5, 0.6) is 0 Å². The molecule has 0 saturated heterocycles. The van der Waals surface area contributed by atoms with E-state index in [1.807, 2.05) is 24.3 Å². The van der Waals surface area contributed by atoms with Gasteiger partial charge in [-0.2, -0.15) is 0 Å². The number of nitrogens with one attached hydrogen (secondary N) is 2. The van der Waals surface area contributed by atoms with Gasteiger partial charge in [-0.1, -0.05) is 28.1 Å². The Morgan fingerprint density at radius 3 is 2.90 bits per heavy atom. The van der Waals surface area contributed by atoms with Crippen molar-refractivity contribution < 1.29 is 4.79 Å². The Morgan fingerprint density at radius 1 is 1.25 bits per heavy atom. The van der Waals surface area contributed by atoms with Crippen molar-refractivity contribution in [2.75, 3.05) is 18.4 Å². The number of fused-ring (bicyclic) bond motifs is 1. The number of halogens is 1. The lowest BCUT2D eigenvalue weighted by molar-refractivity contribution is -0.122. The zero-order valence-electron chi connectivity index (χ0n) is 11.0. The average molecular weight is 334 g/mol. The predicted molar refractivity (Wildman–Crippen MR) is 83.7 cm³/mol. The summed E-state index contributed by atoms with van der Waals surface area (Å²) in [5, 5.41) is 8.43. The van der Waals surface area contributed by atoms with E-state index in [2.05, 4.69) is 31.5 Å². The number of amides is 1. The molecule has 1 saturated carbocycles. The van der Waals surface area contributed by atoms with Crippen molar-refractivity contribution in [3.05, 3.63) is 34.9 Å². The lowest BCUT2D eigenvalue weighted by atomic mass is 10.1. The first-order chi connectivity index (χ1) is 9.75. The molecule has 0 bridgehead atoms. The lowest BCUT2D eigenvalue weighted by Crippen LogP contribution is -2.29. The second-order valence-electron chi connectivity index (χ2n) is 4.99. The number of hydrogen-bond acceptors (Lipinski definition) is 3. The molecule has 0 radical (unpaired) electrons. The van der Waals surface area contributed by atoms with Crippen molar-refractivity contribution in [1.29, 1.82) is 0 Å². The van der Waals surface area contributed by atoms with Gasteiger partial charge in [0.2, 0.25) is 5.91 Å². The highest BCUT2D eigenvalue weighted by molar-refractivity contribution is 9.10. The number of carbonyl (C=O) groups is 1. The number of pyridine rings is 1. The summed E-state index contributed by atoms with van der Waals surface area (Å²) in [4.78, 5) is 15.9. The molecular weight excluding hydrogens is 318 g/mol.